The maximum Gasteiger partial charge on any atom is 0.228 e. The maximum absolute atomic E-state index is 11.4. The zero-order chi connectivity index (χ0) is 9.97. The van der Waals surface area contributed by atoms with Crippen molar-refractivity contribution in [3.8, 4) is 0 Å². The Bertz CT molecular complexity index is 371. The van der Waals surface area contributed by atoms with Crippen LogP contribution >= 0.6 is 0 Å². The molecule has 0 bridgehead atoms. The van der Waals surface area contributed by atoms with Gasteiger partial charge in [0.05, 0.1) is 6.20 Å². The van der Waals surface area contributed by atoms with Gasteiger partial charge in [0.25, 0.3) is 0 Å². The molecule has 0 radical (unpaired) electrons. The summed E-state index contributed by atoms with van der Waals surface area (Å²) >= 11 is 0. The average Bonchev–Trinajstić information content (AvgIpc) is 3.01. The quantitative estimate of drug-likeness (QED) is 0.783. The van der Waals surface area contributed by atoms with E-state index in [1.807, 2.05) is 0 Å². The lowest BCUT2D eigenvalue weighted by atomic mass is 10.3. The molecule has 2 rings (SSSR count). The summed E-state index contributed by atoms with van der Waals surface area (Å²) in [7, 11) is 0. The van der Waals surface area contributed by atoms with Crippen molar-refractivity contribution in [1.82, 2.24) is 10.2 Å². The topological polar surface area (TPSA) is 54.9 Å². The standard InChI is InChI=1S/C10H11N3O/c1-2-7-5-9(13-11-6-7)12-10(14)8-3-4-8/h2,5-6,8H,1,3-4H2,(H,12,13,14). The van der Waals surface area contributed by atoms with Crippen molar-refractivity contribution in [2.24, 2.45) is 5.92 Å². The van der Waals surface area contributed by atoms with E-state index in [4.69, 9.17) is 0 Å². The van der Waals surface area contributed by atoms with Gasteiger partial charge in [0.2, 0.25) is 5.91 Å². The summed E-state index contributed by atoms with van der Waals surface area (Å²) < 4.78 is 0. The second-order valence-electron chi connectivity index (χ2n) is 3.34. The van der Waals surface area contributed by atoms with Crippen LogP contribution < -0.4 is 5.32 Å². The Hall–Kier alpha value is -1.71. The fourth-order valence-electron chi connectivity index (χ4n) is 1.13. The lowest BCUT2D eigenvalue weighted by Gasteiger charge is -2.02. The highest BCUT2D eigenvalue weighted by Gasteiger charge is 2.29. The van der Waals surface area contributed by atoms with Crippen molar-refractivity contribution in [1.29, 1.82) is 0 Å². The van der Waals surface area contributed by atoms with Crippen LogP contribution in [0.4, 0.5) is 5.82 Å². The van der Waals surface area contributed by atoms with E-state index in [1.54, 1.807) is 18.3 Å². The van der Waals surface area contributed by atoms with Gasteiger partial charge in [0.1, 0.15) is 0 Å². The van der Waals surface area contributed by atoms with Crippen LogP contribution in [0.15, 0.2) is 18.8 Å². The Kier molecular flexibility index (Phi) is 2.26. The van der Waals surface area contributed by atoms with Crippen LogP contribution in [0, 0.1) is 5.92 Å². The molecule has 0 aliphatic heterocycles. The van der Waals surface area contributed by atoms with Crippen LogP contribution in [-0.4, -0.2) is 16.1 Å². The van der Waals surface area contributed by atoms with Crippen LogP contribution in [0.25, 0.3) is 6.08 Å². The third-order valence-electron chi connectivity index (χ3n) is 2.11. The van der Waals surface area contributed by atoms with Gasteiger partial charge in [-0.1, -0.05) is 12.7 Å². The third kappa shape index (κ3) is 1.96. The molecule has 0 unspecified atom stereocenters. The van der Waals surface area contributed by atoms with Crippen molar-refractivity contribution in [3.05, 3.63) is 24.4 Å². The van der Waals surface area contributed by atoms with Crippen molar-refractivity contribution >= 4 is 17.8 Å². The van der Waals surface area contributed by atoms with Gasteiger partial charge in [0.15, 0.2) is 5.82 Å². The van der Waals surface area contributed by atoms with Crippen molar-refractivity contribution < 1.29 is 4.79 Å². The molecule has 0 atom stereocenters. The van der Waals surface area contributed by atoms with Crippen LogP contribution in [-0.2, 0) is 4.79 Å². The number of amides is 1. The SMILES string of the molecule is C=Cc1cnnc(NC(=O)C2CC2)c1. The van der Waals surface area contributed by atoms with Crippen molar-refractivity contribution in [2.45, 2.75) is 12.8 Å². The predicted molar refractivity (Wildman–Crippen MR) is 53.5 cm³/mol. The maximum atomic E-state index is 11.4. The van der Waals surface area contributed by atoms with E-state index in [0.717, 1.165) is 18.4 Å². The molecule has 1 fully saturated rings. The van der Waals surface area contributed by atoms with E-state index in [-0.39, 0.29) is 11.8 Å². The lowest BCUT2D eigenvalue weighted by Crippen LogP contribution is -2.14. The van der Waals surface area contributed by atoms with E-state index in [0.29, 0.717) is 5.82 Å². The molecule has 0 saturated heterocycles. The Balaban J connectivity index is 2.07. The van der Waals surface area contributed by atoms with Gasteiger partial charge in [-0.2, -0.15) is 5.10 Å². The third-order valence-corrected chi connectivity index (χ3v) is 2.11. The molecule has 4 heteroatoms. The Morgan fingerprint density at radius 2 is 2.43 bits per heavy atom. The largest absolute Gasteiger partial charge is 0.309 e. The highest BCUT2D eigenvalue weighted by atomic mass is 16.2. The molecule has 1 aromatic rings. The molecule has 1 saturated carbocycles. The monoisotopic (exact) mass is 189 g/mol. The molecule has 0 spiro atoms. The van der Waals surface area contributed by atoms with Crippen molar-refractivity contribution in [3.63, 3.8) is 0 Å². The summed E-state index contributed by atoms with van der Waals surface area (Å²) in [5.41, 5.74) is 0.853. The average molecular weight is 189 g/mol. The Labute approximate surface area is 82.0 Å². The molecule has 1 aromatic heterocycles. The van der Waals surface area contributed by atoms with E-state index >= 15 is 0 Å². The molecule has 4 nitrogen and oxygen atoms in total. The second kappa shape index (κ2) is 3.57. The fraction of sp³-hybridized carbons (Fsp3) is 0.300. The smallest absolute Gasteiger partial charge is 0.228 e. The molecular formula is C10H11N3O. The second-order valence-corrected chi connectivity index (χ2v) is 3.34. The van der Waals surface area contributed by atoms with Gasteiger partial charge >= 0.3 is 0 Å². The molecule has 0 aromatic carbocycles. The van der Waals surface area contributed by atoms with E-state index < -0.39 is 0 Å². The number of carbonyl (C=O) groups is 1. The Morgan fingerprint density at radius 3 is 3.07 bits per heavy atom. The number of hydrogen-bond acceptors (Lipinski definition) is 3. The van der Waals surface area contributed by atoms with Gasteiger partial charge in [-0.3, -0.25) is 4.79 Å². The van der Waals surface area contributed by atoms with Gasteiger partial charge in [-0.15, -0.1) is 5.10 Å². The first kappa shape index (κ1) is 8.87. The summed E-state index contributed by atoms with van der Waals surface area (Å²) in [5, 5.41) is 10.3. The normalized spacial score (nSPS) is 14.9. The lowest BCUT2D eigenvalue weighted by molar-refractivity contribution is -0.117. The first-order valence-electron chi connectivity index (χ1n) is 4.55. The number of rotatable bonds is 3. The number of nitrogens with zero attached hydrogens (tertiary/aromatic N) is 2. The minimum atomic E-state index is 0.0421. The number of aromatic nitrogens is 2. The van der Waals surface area contributed by atoms with E-state index in [2.05, 4.69) is 22.1 Å². The predicted octanol–water partition coefficient (Wildman–Crippen LogP) is 1.47. The first-order valence-corrected chi connectivity index (χ1v) is 4.55. The molecule has 1 heterocycles. The first-order chi connectivity index (χ1) is 6.79. The summed E-state index contributed by atoms with van der Waals surface area (Å²) in [6.45, 7) is 3.62. The van der Waals surface area contributed by atoms with Crippen LogP contribution in [0.1, 0.15) is 18.4 Å². The van der Waals surface area contributed by atoms with Gasteiger partial charge in [0, 0.05) is 5.92 Å². The van der Waals surface area contributed by atoms with Crippen LogP contribution in [0.3, 0.4) is 0 Å². The number of nitrogens with one attached hydrogen (secondary N) is 1. The molecule has 14 heavy (non-hydrogen) atoms. The zero-order valence-electron chi connectivity index (χ0n) is 7.73. The number of anilines is 1. The summed E-state index contributed by atoms with van der Waals surface area (Å²) in [6.07, 6.45) is 5.24. The number of hydrogen-bond donors (Lipinski definition) is 1. The fourth-order valence-corrected chi connectivity index (χ4v) is 1.13. The highest BCUT2D eigenvalue weighted by molar-refractivity contribution is 5.93. The minimum Gasteiger partial charge on any atom is -0.309 e. The van der Waals surface area contributed by atoms with Gasteiger partial charge < -0.3 is 5.32 Å². The van der Waals surface area contributed by atoms with Crippen LogP contribution in [0.5, 0.6) is 0 Å². The molecule has 1 aliphatic carbocycles. The summed E-state index contributed by atoms with van der Waals surface area (Å²) in [6, 6.07) is 1.75. The molecule has 72 valence electrons. The highest BCUT2D eigenvalue weighted by Crippen LogP contribution is 2.29. The molecule has 1 N–H and O–H groups in total. The minimum absolute atomic E-state index is 0.0421. The van der Waals surface area contributed by atoms with Crippen LogP contribution in [0.2, 0.25) is 0 Å². The summed E-state index contributed by atoms with van der Waals surface area (Å²) in [4.78, 5) is 11.4. The Morgan fingerprint density at radius 1 is 1.64 bits per heavy atom. The molecular weight excluding hydrogens is 178 g/mol. The van der Waals surface area contributed by atoms with E-state index in [1.165, 1.54) is 0 Å². The van der Waals surface area contributed by atoms with Gasteiger partial charge in [-0.25, -0.2) is 0 Å². The summed E-state index contributed by atoms with van der Waals surface area (Å²) in [5.74, 6) is 0.726. The van der Waals surface area contributed by atoms with Gasteiger partial charge in [-0.05, 0) is 24.5 Å². The number of carbonyl (C=O) groups excluding carboxylic acids is 1. The molecule has 1 aliphatic rings. The van der Waals surface area contributed by atoms with Crippen molar-refractivity contribution in [2.75, 3.05) is 5.32 Å². The zero-order valence-corrected chi connectivity index (χ0v) is 7.73. The van der Waals surface area contributed by atoms with E-state index in [9.17, 15) is 4.79 Å². The molecule has 1 amide bonds.